The van der Waals surface area contributed by atoms with Gasteiger partial charge in [-0.05, 0) is 39.7 Å². The fourth-order valence-corrected chi connectivity index (χ4v) is 1.89. The first-order valence-electron chi connectivity index (χ1n) is 7.51. The minimum absolute atomic E-state index is 0.157. The van der Waals surface area contributed by atoms with Gasteiger partial charge in [0.25, 0.3) is 5.91 Å². The molecule has 1 heterocycles. The number of nitrogens with zero attached hydrogens (tertiary/aromatic N) is 1. The van der Waals surface area contributed by atoms with E-state index in [1.54, 1.807) is 13.1 Å². The van der Waals surface area contributed by atoms with Crippen LogP contribution in [0.25, 0.3) is 0 Å². The SMILES string of the molecule is CCCOc1ncc(NC(=O)[C@@](C)(CC)OCC)cc1C. The van der Waals surface area contributed by atoms with Gasteiger partial charge in [-0.3, -0.25) is 4.79 Å². The summed E-state index contributed by atoms with van der Waals surface area (Å²) in [6, 6.07) is 1.86. The number of hydrogen-bond donors (Lipinski definition) is 1. The molecular weight excluding hydrogens is 268 g/mol. The van der Waals surface area contributed by atoms with Crippen LogP contribution in [0.1, 0.15) is 46.1 Å². The summed E-state index contributed by atoms with van der Waals surface area (Å²) < 4.78 is 11.1. The molecule has 0 saturated heterocycles. The van der Waals surface area contributed by atoms with Crippen molar-refractivity contribution < 1.29 is 14.3 Å². The quantitative estimate of drug-likeness (QED) is 0.799. The maximum Gasteiger partial charge on any atom is 0.256 e. The largest absolute Gasteiger partial charge is 0.477 e. The number of hydrogen-bond acceptors (Lipinski definition) is 4. The van der Waals surface area contributed by atoms with Gasteiger partial charge in [0.1, 0.15) is 5.60 Å². The molecule has 0 bridgehead atoms. The van der Waals surface area contributed by atoms with E-state index in [2.05, 4.69) is 10.3 Å². The summed E-state index contributed by atoms with van der Waals surface area (Å²) in [6.07, 6.45) is 3.15. The fraction of sp³-hybridized carbons (Fsp3) is 0.625. The molecule has 5 heteroatoms. The Morgan fingerprint density at radius 1 is 1.38 bits per heavy atom. The van der Waals surface area contributed by atoms with E-state index in [4.69, 9.17) is 9.47 Å². The van der Waals surface area contributed by atoms with Crippen molar-refractivity contribution in [2.75, 3.05) is 18.5 Å². The number of amides is 1. The van der Waals surface area contributed by atoms with Crippen LogP contribution in [-0.4, -0.2) is 29.7 Å². The number of carbonyl (C=O) groups is 1. The maximum atomic E-state index is 12.3. The number of nitrogens with one attached hydrogen (secondary N) is 1. The predicted molar refractivity (Wildman–Crippen MR) is 83.7 cm³/mol. The van der Waals surface area contributed by atoms with Gasteiger partial charge in [-0.1, -0.05) is 13.8 Å². The Hall–Kier alpha value is -1.62. The van der Waals surface area contributed by atoms with Crippen LogP contribution in [0.4, 0.5) is 5.69 Å². The number of carbonyl (C=O) groups excluding carboxylic acids is 1. The van der Waals surface area contributed by atoms with Crippen LogP contribution < -0.4 is 10.1 Å². The Morgan fingerprint density at radius 3 is 2.62 bits per heavy atom. The summed E-state index contributed by atoms with van der Waals surface area (Å²) in [6.45, 7) is 10.7. The normalized spacial score (nSPS) is 13.6. The van der Waals surface area contributed by atoms with Gasteiger partial charge in [-0.25, -0.2) is 4.98 Å². The van der Waals surface area contributed by atoms with E-state index < -0.39 is 5.60 Å². The molecule has 1 rings (SSSR count). The molecule has 0 aliphatic carbocycles. The maximum absolute atomic E-state index is 12.3. The molecule has 0 radical (unpaired) electrons. The lowest BCUT2D eigenvalue weighted by atomic mass is 10.0. The van der Waals surface area contributed by atoms with E-state index in [9.17, 15) is 4.79 Å². The van der Waals surface area contributed by atoms with Gasteiger partial charge in [-0.15, -0.1) is 0 Å². The van der Waals surface area contributed by atoms with E-state index in [1.807, 2.05) is 33.8 Å². The van der Waals surface area contributed by atoms with Crippen molar-refractivity contribution in [1.82, 2.24) is 4.98 Å². The fourth-order valence-electron chi connectivity index (χ4n) is 1.89. The molecule has 0 saturated carbocycles. The average molecular weight is 294 g/mol. The van der Waals surface area contributed by atoms with Crippen molar-refractivity contribution in [3.05, 3.63) is 17.8 Å². The third-order valence-corrected chi connectivity index (χ3v) is 3.35. The third-order valence-electron chi connectivity index (χ3n) is 3.35. The molecule has 0 aliphatic heterocycles. The van der Waals surface area contributed by atoms with Gasteiger partial charge < -0.3 is 14.8 Å². The van der Waals surface area contributed by atoms with Crippen LogP contribution in [0.5, 0.6) is 5.88 Å². The molecule has 0 aromatic carbocycles. The Morgan fingerprint density at radius 2 is 2.10 bits per heavy atom. The summed E-state index contributed by atoms with van der Waals surface area (Å²) in [5.74, 6) is 0.452. The minimum Gasteiger partial charge on any atom is -0.477 e. The van der Waals surface area contributed by atoms with Crippen molar-refractivity contribution in [3.8, 4) is 5.88 Å². The van der Waals surface area contributed by atoms with Gasteiger partial charge in [0.05, 0.1) is 18.5 Å². The Balaban J connectivity index is 2.79. The molecule has 1 N–H and O–H groups in total. The zero-order valence-electron chi connectivity index (χ0n) is 13.7. The van der Waals surface area contributed by atoms with Gasteiger partial charge in [0, 0.05) is 12.2 Å². The Labute approximate surface area is 127 Å². The van der Waals surface area contributed by atoms with Crippen molar-refractivity contribution in [1.29, 1.82) is 0 Å². The topological polar surface area (TPSA) is 60.5 Å². The van der Waals surface area contributed by atoms with Gasteiger partial charge in [0.15, 0.2) is 0 Å². The van der Waals surface area contributed by atoms with Crippen LogP contribution in [0, 0.1) is 6.92 Å². The van der Waals surface area contributed by atoms with Crippen molar-refractivity contribution in [2.24, 2.45) is 0 Å². The standard InChI is InChI=1S/C16H26N2O3/c1-6-9-20-14-12(4)10-13(11-17-14)18-15(19)16(5,7-2)21-8-3/h10-11H,6-9H2,1-5H3,(H,18,19)/t16-/m1/s1. The molecule has 1 amide bonds. The summed E-state index contributed by atoms with van der Waals surface area (Å²) in [4.78, 5) is 16.6. The second-order valence-corrected chi connectivity index (χ2v) is 5.17. The third kappa shape index (κ3) is 4.70. The molecule has 0 aliphatic rings. The molecule has 5 nitrogen and oxygen atoms in total. The van der Waals surface area contributed by atoms with E-state index in [0.717, 1.165) is 12.0 Å². The van der Waals surface area contributed by atoms with Gasteiger partial charge in [0.2, 0.25) is 5.88 Å². The molecule has 1 aromatic heterocycles. The molecule has 1 aromatic rings. The van der Waals surface area contributed by atoms with Gasteiger partial charge >= 0.3 is 0 Å². The van der Waals surface area contributed by atoms with E-state index >= 15 is 0 Å². The Kier molecular flexibility index (Phi) is 6.62. The highest BCUT2D eigenvalue weighted by molar-refractivity contribution is 5.97. The smallest absolute Gasteiger partial charge is 0.256 e. The summed E-state index contributed by atoms with van der Waals surface area (Å²) in [7, 11) is 0. The van der Waals surface area contributed by atoms with Crippen LogP contribution in [-0.2, 0) is 9.53 Å². The highest BCUT2D eigenvalue weighted by atomic mass is 16.5. The number of aryl methyl sites for hydroxylation is 1. The van der Waals surface area contributed by atoms with Crippen molar-refractivity contribution >= 4 is 11.6 Å². The van der Waals surface area contributed by atoms with E-state index in [0.29, 0.717) is 31.2 Å². The lowest BCUT2D eigenvalue weighted by Crippen LogP contribution is -2.42. The first-order chi connectivity index (χ1) is 9.96. The zero-order chi connectivity index (χ0) is 15.9. The molecule has 0 fully saturated rings. The van der Waals surface area contributed by atoms with Crippen LogP contribution in [0.15, 0.2) is 12.3 Å². The lowest BCUT2D eigenvalue weighted by Gasteiger charge is -2.26. The second kappa shape index (κ2) is 7.98. The minimum atomic E-state index is -0.819. The van der Waals surface area contributed by atoms with Crippen LogP contribution in [0.3, 0.4) is 0 Å². The van der Waals surface area contributed by atoms with E-state index in [-0.39, 0.29) is 5.91 Å². The van der Waals surface area contributed by atoms with Crippen molar-refractivity contribution in [3.63, 3.8) is 0 Å². The number of anilines is 1. The van der Waals surface area contributed by atoms with E-state index in [1.165, 1.54) is 0 Å². The number of aromatic nitrogens is 1. The number of ether oxygens (including phenoxy) is 2. The highest BCUT2D eigenvalue weighted by Crippen LogP contribution is 2.22. The molecule has 118 valence electrons. The first-order valence-corrected chi connectivity index (χ1v) is 7.51. The summed E-state index contributed by atoms with van der Waals surface area (Å²) >= 11 is 0. The second-order valence-electron chi connectivity index (χ2n) is 5.17. The van der Waals surface area contributed by atoms with Crippen molar-refractivity contribution in [2.45, 2.75) is 53.1 Å². The number of pyridine rings is 1. The lowest BCUT2D eigenvalue weighted by molar-refractivity contribution is -0.139. The monoisotopic (exact) mass is 294 g/mol. The number of rotatable bonds is 8. The Bertz CT molecular complexity index is 477. The molecule has 1 atom stereocenters. The summed E-state index contributed by atoms with van der Waals surface area (Å²) in [5.41, 5.74) is 0.733. The predicted octanol–water partition coefficient (Wildman–Crippen LogP) is 3.32. The van der Waals surface area contributed by atoms with Gasteiger partial charge in [-0.2, -0.15) is 0 Å². The molecule has 0 unspecified atom stereocenters. The first kappa shape index (κ1) is 17.4. The van der Waals surface area contributed by atoms with Crippen LogP contribution in [0.2, 0.25) is 0 Å². The average Bonchev–Trinajstić information content (AvgIpc) is 2.46. The molecule has 21 heavy (non-hydrogen) atoms. The van der Waals surface area contributed by atoms with Crippen LogP contribution >= 0.6 is 0 Å². The molecular formula is C16H26N2O3. The summed E-state index contributed by atoms with van der Waals surface area (Å²) in [5, 5.41) is 2.86. The highest BCUT2D eigenvalue weighted by Gasteiger charge is 2.31. The zero-order valence-corrected chi connectivity index (χ0v) is 13.7. The molecule has 0 spiro atoms.